The average molecular weight is 1220 g/mol. The van der Waals surface area contributed by atoms with Gasteiger partial charge in [-0.3, -0.25) is 13.8 Å². The highest BCUT2D eigenvalue weighted by Crippen LogP contribution is 2.43. The summed E-state index contributed by atoms with van der Waals surface area (Å²) in [4.78, 5) is 23.4. The molecule has 0 aliphatic carbocycles. The fourth-order valence-corrected chi connectivity index (χ4v) is 11.1. The van der Waals surface area contributed by atoms with Crippen molar-refractivity contribution < 1.29 is 32.9 Å². The van der Waals surface area contributed by atoms with Crippen molar-refractivity contribution in [3.8, 4) is 0 Å². The summed E-state index contributed by atoms with van der Waals surface area (Å²) in [5.74, 6) is -0.188. The molecule has 0 radical (unpaired) electrons. The van der Waals surface area contributed by atoms with Crippen LogP contribution in [-0.2, 0) is 18.4 Å². The van der Waals surface area contributed by atoms with Gasteiger partial charge in [0, 0.05) is 6.42 Å². The predicted octanol–water partition coefficient (Wildman–Crippen LogP) is 23.4. The first kappa shape index (κ1) is 83.2. The second-order valence-electron chi connectivity index (χ2n) is 25.6. The molecule has 8 nitrogen and oxygen atoms in total. The molecule has 0 spiro atoms. The molecule has 0 bridgehead atoms. The number of amides is 1. The molecule has 3 N–H and O–H groups in total. The molecular formula is C77H140N2O6P+. The minimum atomic E-state index is -4.37. The highest BCUT2D eigenvalue weighted by atomic mass is 31.2. The molecular weight excluding hydrogens is 1080 g/mol. The zero-order valence-electron chi connectivity index (χ0n) is 57.0. The van der Waals surface area contributed by atoms with E-state index in [1.54, 1.807) is 6.08 Å². The lowest BCUT2D eigenvalue weighted by atomic mass is 10.0. The lowest BCUT2D eigenvalue weighted by Crippen LogP contribution is -2.45. The van der Waals surface area contributed by atoms with E-state index in [1.807, 2.05) is 27.2 Å². The highest BCUT2D eigenvalue weighted by Gasteiger charge is 2.28. The first-order valence-electron chi connectivity index (χ1n) is 36.3. The molecule has 0 aromatic rings. The number of carbonyl (C=O) groups excluding carboxylic acids is 1. The van der Waals surface area contributed by atoms with Gasteiger partial charge in [0.05, 0.1) is 39.9 Å². The summed E-state index contributed by atoms with van der Waals surface area (Å²) in [6, 6.07) is -0.872. The summed E-state index contributed by atoms with van der Waals surface area (Å²) in [5.41, 5.74) is 0. The van der Waals surface area contributed by atoms with E-state index in [0.717, 1.165) is 83.5 Å². The third-order valence-electron chi connectivity index (χ3n) is 16.0. The maximum absolute atomic E-state index is 13.1. The van der Waals surface area contributed by atoms with Gasteiger partial charge < -0.3 is 19.8 Å². The van der Waals surface area contributed by atoms with Crippen molar-refractivity contribution in [1.29, 1.82) is 0 Å². The number of nitrogens with one attached hydrogen (secondary N) is 1. The largest absolute Gasteiger partial charge is 0.472 e. The van der Waals surface area contributed by atoms with Crippen molar-refractivity contribution in [3.05, 3.63) is 109 Å². The molecule has 0 saturated heterocycles. The predicted molar refractivity (Wildman–Crippen MR) is 378 cm³/mol. The van der Waals surface area contributed by atoms with Crippen LogP contribution in [0.15, 0.2) is 109 Å². The van der Waals surface area contributed by atoms with Crippen molar-refractivity contribution in [2.45, 2.75) is 334 Å². The van der Waals surface area contributed by atoms with Crippen molar-refractivity contribution in [2.24, 2.45) is 0 Å². The number of rotatable bonds is 66. The van der Waals surface area contributed by atoms with E-state index in [2.05, 4.69) is 116 Å². The van der Waals surface area contributed by atoms with E-state index in [1.165, 1.54) is 218 Å². The van der Waals surface area contributed by atoms with Crippen LogP contribution in [0.2, 0.25) is 0 Å². The van der Waals surface area contributed by atoms with Gasteiger partial charge >= 0.3 is 7.82 Å². The monoisotopic (exact) mass is 1220 g/mol. The summed E-state index contributed by atoms with van der Waals surface area (Å²) in [7, 11) is 1.55. The molecule has 0 aliphatic heterocycles. The number of hydrogen-bond donors (Lipinski definition) is 3. The van der Waals surface area contributed by atoms with Crippen LogP contribution in [0.3, 0.4) is 0 Å². The first-order chi connectivity index (χ1) is 42.0. The lowest BCUT2D eigenvalue weighted by Gasteiger charge is -2.25. The molecule has 498 valence electrons. The van der Waals surface area contributed by atoms with Crippen molar-refractivity contribution in [2.75, 3.05) is 40.9 Å². The molecule has 0 rings (SSSR count). The smallest absolute Gasteiger partial charge is 0.387 e. The Labute approximate surface area is 533 Å². The van der Waals surface area contributed by atoms with Crippen molar-refractivity contribution >= 4 is 13.7 Å². The van der Waals surface area contributed by atoms with Crippen LogP contribution in [0.4, 0.5) is 0 Å². The van der Waals surface area contributed by atoms with Crippen LogP contribution < -0.4 is 5.32 Å². The summed E-state index contributed by atoms with van der Waals surface area (Å²) in [6.07, 6.45) is 98.2. The lowest BCUT2D eigenvalue weighted by molar-refractivity contribution is -0.870. The fourth-order valence-electron chi connectivity index (χ4n) is 10.4. The minimum absolute atomic E-state index is 0.0523. The number of aliphatic hydroxyl groups excluding tert-OH is 1. The third-order valence-corrected chi connectivity index (χ3v) is 17.0. The molecule has 0 aliphatic rings. The molecule has 0 saturated carbocycles. The summed E-state index contributed by atoms with van der Waals surface area (Å²) >= 11 is 0. The Morgan fingerprint density at radius 3 is 1.07 bits per heavy atom. The van der Waals surface area contributed by atoms with Gasteiger partial charge in [0.2, 0.25) is 5.91 Å². The van der Waals surface area contributed by atoms with Crippen LogP contribution in [0.25, 0.3) is 0 Å². The maximum Gasteiger partial charge on any atom is 0.472 e. The van der Waals surface area contributed by atoms with E-state index < -0.39 is 20.0 Å². The highest BCUT2D eigenvalue weighted by molar-refractivity contribution is 7.47. The zero-order valence-corrected chi connectivity index (χ0v) is 57.9. The number of hydrogen-bond acceptors (Lipinski definition) is 5. The number of nitrogens with zero attached hydrogens (tertiary/aromatic N) is 1. The van der Waals surface area contributed by atoms with Gasteiger partial charge in [0.25, 0.3) is 0 Å². The van der Waals surface area contributed by atoms with E-state index in [9.17, 15) is 19.4 Å². The van der Waals surface area contributed by atoms with Gasteiger partial charge in [-0.1, -0.05) is 335 Å². The molecule has 86 heavy (non-hydrogen) atoms. The van der Waals surface area contributed by atoms with Gasteiger partial charge in [-0.15, -0.1) is 0 Å². The van der Waals surface area contributed by atoms with E-state index in [0.29, 0.717) is 17.4 Å². The summed E-state index contributed by atoms with van der Waals surface area (Å²) in [5, 5.41) is 14.0. The number of carbonyl (C=O) groups is 1. The Bertz CT molecular complexity index is 1770. The Morgan fingerprint density at radius 1 is 0.407 bits per heavy atom. The summed E-state index contributed by atoms with van der Waals surface area (Å²) in [6.45, 7) is 4.71. The molecule has 3 unspecified atom stereocenters. The van der Waals surface area contributed by atoms with Gasteiger partial charge in [-0.25, -0.2) is 4.57 Å². The van der Waals surface area contributed by atoms with Crippen molar-refractivity contribution in [1.82, 2.24) is 5.32 Å². The Hall–Kier alpha value is -2.84. The third kappa shape index (κ3) is 68.6. The molecule has 1 amide bonds. The van der Waals surface area contributed by atoms with Gasteiger partial charge in [-0.2, -0.15) is 0 Å². The minimum Gasteiger partial charge on any atom is -0.387 e. The fraction of sp³-hybridized carbons (Fsp3) is 0.753. The number of phosphoric acid groups is 1. The second-order valence-corrected chi connectivity index (χ2v) is 27.0. The second kappa shape index (κ2) is 66.6. The van der Waals surface area contributed by atoms with Crippen LogP contribution in [0.1, 0.15) is 322 Å². The number of allylic oxidation sites excluding steroid dienone is 17. The zero-order chi connectivity index (χ0) is 62.6. The van der Waals surface area contributed by atoms with Crippen molar-refractivity contribution in [3.63, 3.8) is 0 Å². The van der Waals surface area contributed by atoms with Crippen LogP contribution in [0, 0.1) is 0 Å². The molecule has 9 heteroatoms. The molecule has 0 aromatic heterocycles. The van der Waals surface area contributed by atoms with Gasteiger partial charge in [-0.05, 0) is 89.9 Å². The van der Waals surface area contributed by atoms with Crippen LogP contribution in [0.5, 0.6) is 0 Å². The molecule has 0 aromatic carbocycles. The standard InChI is InChI=1S/C77H139N2O6P/c1-6-8-10-12-14-16-18-20-22-24-26-28-30-32-34-36-37-38-39-40-41-43-45-47-49-51-53-55-57-59-61-63-65-67-69-71-77(81)78-75(74-85-86(82,83)84-73-72-79(3,4)5)76(80)70-68-66-64-62-60-58-56-54-52-50-48-46-44-42-35-33-31-29-27-25-23-21-19-17-15-13-11-9-7-2/h8,10,14,16,20,22,26,28,32,34,37-38,40-41,60,62,68,70,75-76,80H,6-7,9,11-13,15,17-19,21,23-25,27,29-31,33,35-36,39,42-59,61,63-67,69,71-74H2,1-5H3,(H-,78,81,82,83)/p+1/b10-8-,16-14-,22-20-,28-26-,34-32-,38-37-,41-40-,62-60+,70-68+. The van der Waals surface area contributed by atoms with Gasteiger partial charge in [0.15, 0.2) is 0 Å². The SMILES string of the molecule is CC/C=C\C/C=C\C/C=C\C/C=C\C/C=C\C/C=C\C/C=C\CCCCCCCCCCCCCCCC(=O)NC(COP(=O)(O)OCC[N+](C)(C)C)C(O)/C=C/CC/C=C/CCCCCCCCCCCCCCCCCCCCCCCCC. The molecule has 0 fully saturated rings. The normalized spacial score (nSPS) is 14.3. The number of aliphatic hydroxyl groups is 1. The van der Waals surface area contributed by atoms with E-state index in [4.69, 9.17) is 9.05 Å². The Morgan fingerprint density at radius 2 is 0.709 bits per heavy atom. The summed E-state index contributed by atoms with van der Waals surface area (Å²) < 4.78 is 23.8. The quantitative estimate of drug-likeness (QED) is 0.0243. The maximum atomic E-state index is 13.1. The Kier molecular flexibility index (Phi) is 64.4. The van der Waals surface area contributed by atoms with Crippen LogP contribution in [-0.4, -0.2) is 73.4 Å². The van der Waals surface area contributed by atoms with Gasteiger partial charge in [0.1, 0.15) is 13.2 Å². The number of phosphoric ester groups is 1. The number of quaternary nitrogens is 1. The molecule has 3 atom stereocenters. The molecule has 0 heterocycles. The Balaban J connectivity index is 4.11. The number of unbranched alkanes of at least 4 members (excludes halogenated alkanes) is 37. The first-order valence-corrected chi connectivity index (χ1v) is 37.8. The average Bonchev–Trinajstić information content (AvgIpc) is 3.70. The van der Waals surface area contributed by atoms with E-state index in [-0.39, 0.29) is 19.1 Å². The number of likely N-dealkylation sites (N-methyl/N-ethyl adjacent to an activating group) is 1. The van der Waals surface area contributed by atoms with E-state index >= 15 is 0 Å². The topological polar surface area (TPSA) is 105 Å². The van der Waals surface area contributed by atoms with Crippen LogP contribution >= 0.6 is 7.82 Å².